The van der Waals surface area contributed by atoms with Crippen LogP contribution in [0.25, 0.3) is 0 Å². The first kappa shape index (κ1) is 16.7. The Bertz CT molecular complexity index is 846. The number of hydrogen-bond donors (Lipinski definition) is 1. The molecule has 0 saturated heterocycles. The molecule has 1 aliphatic heterocycles. The number of non-ortho nitro benzene ring substituents is 1. The van der Waals surface area contributed by atoms with Crippen molar-refractivity contribution in [2.24, 2.45) is 0 Å². The van der Waals surface area contributed by atoms with E-state index in [9.17, 15) is 14.9 Å². The summed E-state index contributed by atoms with van der Waals surface area (Å²) in [6, 6.07) is 16.1. The molecular formula is C19H19N3O3. The van der Waals surface area contributed by atoms with E-state index < -0.39 is 4.92 Å². The van der Waals surface area contributed by atoms with Gasteiger partial charge in [0.15, 0.2) is 0 Å². The van der Waals surface area contributed by atoms with Gasteiger partial charge in [-0.15, -0.1) is 0 Å². The second-order valence-electron chi connectivity index (χ2n) is 6.08. The van der Waals surface area contributed by atoms with Crippen LogP contribution in [0.5, 0.6) is 0 Å². The van der Waals surface area contributed by atoms with Crippen molar-refractivity contribution in [3.63, 3.8) is 0 Å². The number of nitro benzene ring substituents is 1. The van der Waals surface area contributed by atoms with Gasteiger partial charge in [-0.05, 0) is 31.1 Å². The van der Waals surface area contributed by atoms with Crippen LogP contribution in [0.15, 0.2) is 65.7 Å². The monoisotopic (exact) mass is 337 g/mol. The third-order valence-electron chi connectivity index (χ3n) is 4.45. The van der Waals surface area contributed by atoms with Crippen molar-refractivity contribution >= 4 is 17.3 Å². The van der Waals surface area contributed by atoms with Crippen LogP contribution in [-0.4, -0.2) is 21.9 Å². The number of carbonyl (C=O) groups excluding carboxylic acids is 1. The lowest BCUT2D eigenvalue weighted by Gasteiger charge is -2.28. The van der Waals surface area contributed by atoms with E-state index in [1.165, 1.54) is 12.1 Å². The van der Waals surface area contributed by atoms with E-state index in [1.54, 1.807) is 17.0 Å². The molecule has 3 rings (SSSR count). The topological polar surface area (TPSA) is 75.5 Å². The van der Waals surface area contributed by atoms with Crippen LogP contribution in [0.2, 0.25) is 0 Å². The van der Waals surface area contributed by atoms with Crippen LogP contribution < -0.4 is 5.32 Å². The molecule has 1 N–H and O–H groups in total. The fraction of sp³-hybridized carbons (Fsp3) is 0.211. The minimum absolute atomic E-state index is 0.0160. The lowest BCUT2D eigenvalue weighted by Crippen LogP contribution is -2.40. The predicted molar refractivity (Wildman–Crippen MR) is 95.9 cm³/mol. The summed E-state index contributed by atoms with van der Waals surface area (Å²) >= 11 is 0. The summed E-state index contributed by atoms with van der Waals surface area (Å²) in [4.78, 5) is 24.9. The third-order valence-corrected chi connectivity index (χ3v) is 4.45. The molecule has 0 fully saturated rings. The van der Waals surface area contributed by atoms with E-state index in [2.05, 4.69) is 5.32 Å². The number of carbonyl (C=O) groups is 1. The highest BCUT2D eigenvalue weighted by Crippen LogP contribution is 2.29. The number of hydrogen-bond acceptors (Lipinski definition) is 4. The minimum Gasteiger partial charge on any atom is -0.361 e. The van der Waals surface area contributed by atoms with Crippen LogP contribution in [0.1, 0.15) is 19.4 Å². The van der Waals surface area contributed by atoms with Crippen LogP contribution in [0.3, 0.4) is 0 Å². The second-order valence-corrected chi connectivity index (χ2v) is 6.08. The first-order chi connectivity index (χ1) is 12.0. The molecule has 1 atom stereocenters. The van der Waals surface area contributed by atoms with Crippen LogP contribution in [0, 0.1) is 10.1 Å². The van der Waals surface area contributed by atoms with Gasteiger partial charge in [0.2, 0.25) is 0 Å². The number of anilines is 1. The lowest BCUT2D eigenvalue weighted by molar-refractivity contribution is -0.384. The zero-order valence-electron chi connectivity index (χ0n) is 14.1. The fourth-order valence-corrected chi connectivity index (χ4v) is 2.94. The summed E-state index contributed by atoms with van der Waals surface area (Å²) in [6.45, 7) is 4.19. The van der Waals surface area contributed by atoms with Gasteiger partial charge in [0.1, 0.15) is 6.17 Å². The van der Waals surface area contributed by atoms with Gasteiger partial charge in [-0.25, -0.2) is 0 Å². The largest absolute Gasteiger partial charge is 0.361 e. The maximum absolute atomic E-state index is 12.6. The van der Waals surface area contributed by atoms with E-state index in [0.717, 1.165) is 11.1 Å². The summed E-state index contributed by atoms with van der Waals surface area (Å²) in [5, 5.41) is 14.2. The van der Waals surface area contributed by atoms with Crippen molar-refractivity contribution in [2.45, 2.75) is 26.6 Å². The highest BCUT2D eigenvalue weighted by Gasteiger charge is 2.34. The van der Waals surface area contributed by atoms with E-state index in [1.807, 2.05) is 44.2 Å². The number of nitro groups is 1. The van der Waals surface area contributed by atoms with Gasteiger partial charge in [0, 0.05) is 29.9 Å². The Kier molecular flexibility index (Phi) is 4.52. The van der Waals surface area contributed by atoms with Gasteiger partial charge < -0.3 is 10.2 Å². The van der Waals surface area contributed by atoms with E-state index in [0.29, 0.717) is 17.8 Å². The highest BCUT2D eigenvalue weighted by molar-refractivity contribution is 5.97. The first-order valence-corrected chi connectivity index (χ1v) is 8.00. The Hall–Kier alpha value is -3.15. The molecular weight excluding hydrogens is 318 g/mol. The summed E-state index contributed by atoms with van der Waals surface area (Å²) < 4.78 is 0. The van der Waals surface area contributed by atoms with Crippen molar-refractivity contribution < 1.29 is 9.72 Å². The Morgan fingerprint density at radius 3 is 2.52 bits per heavy atom. The predicted octanol–water partition coefficient (Wildman–Crippen LogP) is 3.71. The quantitative estimate of drug-likeness (QED) is 0.666. The van der Waals surface area contributed by atoms with E-state index in [-0.39, 0.29) is 17.8 Å². The highest BCUT2D eigenvalue weighted by atomic mass is 16.6. The zero-order valence-corrected chi connectivity index (χ0v) is 14.1. The molecule has 1 aliphatic rings. The number of nitrogens with zero attached hydrogens (tertiary/aromatic N) is 2. The molecule has 6 nitrogen and oxygen atoms in total. The van der Waals surface area contributed by atoms with Gasteiger partial charge in [0.05, 0.1) is 4.92 Å². The van der Waals surface area contributed by atoms with Crippen molar-refractivity contribution in [3.05, 3.63) is 81.4 Å². The average Bonchev–Trinajstić information content (AvgIpc) is 2.81. The molecule has 0 spiro atoms. The Labute approximate surface area is 145 Å². The molecule has 6 heteroatoms. The molecule has 2 aromatic carbocycles. The minimum atomic E-state index is -0.430. The molecule has 0 radical (unpaired) electrons. The Balaban J connectivity index is 1.87. The molecule has 0 aromatic heterocycles. The molecule has 0 unspecified atom stereocenters. The fourth-order valence-electron chi connectivity index (χ4n) is 2.94. The SMILES string of the molecule is CC1=C(C)[C@H](Nc2cccc([N+](=O)[O-])c2)N(Cc2ccccc2)C1=O. The summed E-state index contributed by atoms with van der Waals surface area (Å²) in [6.07, 6.45) is -0.324. The second kappa shape index (κ2) is 6.76. The molecule has 2 aromatic rings. The molecule has 1 heterocycles. The molecule has 25 heavy (non-hydrogen) atoms. The first-order valence-electron chi connectivity index (χ1n) is 8.00. The third kappa shape index (κ3) is 3.38. The van der Waals surface area contributed by atoms with E-state index >= 15 is 0 Å². The Morgan fingerprint density at radius 1 is 1.12 bits per heavy atom. The standard InChI is InChI=1S/C19H19N3O3/c1-13-14(2)19(23)21(12-15-7-4-3-5-8-15)18(13)20-16-9-6-10-17(11-16)22(24)25/h3-11,18,20H,12H2,1-2H3/t18-/m1/s1. The van der Waals surface area contributed by atoms with Gasteiger partial charge in [-0.1, -0.05) is 36.4 Å². The molecule has 0 saturated carbocycles. The van der Waals surface area contributed by atoms with Gasteiger partial charge >= 0.3 is 0 Å². The van der Waals surface area contributed by atoms with Crippen molar-refractivity contribution in [3.8, 4) is 0 Å². The van der Waals surface area contributed by atoms with Crippen molar-refractivity contribution in [1.82, 2.24) is 4.90 Å². The van der Waals surface area contributed by atoms with Crippen LogP contribution in [0.4, 0.5) is 11.4 Å². The number of amides is 1. The van der Waals surface area contributed by atoms with Gasteiger partial charge in [0.25, 0.3) is 11.6 Å². The van der Waals surface area contributed by atoms with Gasteiger partial charge in [-0.2, -0.15) is 0 Å². The smallest absolute Gasteiger partial charge is 0.271 e. The van der Waals surface area contributed by atoms with Gasteiger partial charge in [-0.3, -0.25) is 14.9 Å². The summed E-state index contributed by atoms with van der Waals surface area (Å²) in [5.41, 5.74) is 3.29. The molecule has 0 bridgehead atoms. The molecule has 1 amide bonds. The lowest BCUT2D eigenvalue weighted by atomic mass is 10.1. The summed E-state index contributed by atoms with van der Waals surface area (Å²) in [7, 11) is 0. The maximum atomic E-state index is 12.6. The summed E-state index contributed by atoms with van der Waals surface area (Å²) in [5.74, 6) is -0.0238. The number of rotatable bonds is 5. The molecule has 0 aliphatic carbocycles. The molecule has 128 valence electrons. The van der Waals surface area contributed by atoms with Crippen LogP contribution >= 0.6 is 0 Å². The van der Waals surface area contributed by atoms with Crippen LogP contribution in [-0.2, 0) is 11.3 Å². The number of nitrogens with one attached hydrogen (secondary N) is 1. The maximum Gasteiger partial charge on any atom is 0.271 e. The Morgan fingerprint density at radius 2 is 1.84 bits per heavy atom. The van der Waals surface area contributed by atoms with Crippen molar-refractivity contribution in [2.75, 3.05) is 5.32 Å². The average molecular weight is 337 g/mol. The normalized spacial score (nSPS) is 17.1. The zero-order chi connectivity index (χ0) is 18.0. The van der Waals surface area contributed by atoms with E-state index in [4.69, 9.17) is 0 Å². The number of benzene rings is 2. The van der Waals surface area contributed by atoms with Crippen molar-refractivity contribution in [1.29, 1.82) is 0 Å².